The van der Waals surface area contributed by atoms with E-state index in [1.165, 1.54) is 19.1 Å². The van der Waals surface area contributed by atoms with E-state index in [0.29, 0.717) is 26.1 Å². The highest BCUT2D eigenvalue weighted by Crippen LogP contribution is 2.36. The van der Waals surface area contributed by atoms with Gasteiger partial charge in [0, 0.05) is 25.4 Å². The molecule has 0 atom stereocenters. The zero-order valence-corrected chi connectivity index (χ0v) is 12.3. The van der Waals surface area contributed by atoms with Crippen LogP contribution in [0.4, 0.5) is 18.9 Å². The maximum atomic E-state index is 12.9. The van der Waals surface area contributed by atoms with Crippen molar-refractivity contribution >= 4 is 11.6 Å². The molecular formula is C15H19F3N2O2. The molecule has 0 bridgehead atoms. The summed E-state index contributed by atoms with van der Waals surface area (Å²) in [6, 6.07) is 3.74. The van der Waals surface area contributed by atoms with Crippen LogP contribution in [0.3, 0.4) is 0 Å². The molecule has 0 aromatic heterocycles. The average Bonchev–Trinajstić information content (AvgIpc) is 2.48. The molecule has 0 radical (unpaired) electrons. The first-order valence-electron chi connectivity index (χ1n) is 7.06. The average molecular weight is 316 g/mol. The van der Waals surface area contributed by atoms with Gasteiger partial charge in [-0.2, -0.15) is 13.2 Å². The van der Waals surface area contributed by atoms with E-state index in [1.54, 1.807) is 0 Å². The summed E-state index contributed by atoms with van der Waals surface area (Å²) < 4.78 is 44.0. The Morgan fingerprint density at radius 1 is 1.36 bits per heavy atom. The number of halogens is 3. The summed E-state index contributed by atoms with van der Waals surface area (Å²) in [6.07, 6.45) is -3.52. The molecule has 1 amide bonds. The summed E-state index contributed by atoms with van der Waals surface area (Å²) in [5, 5.41) is 2.61. The van der Waals surface area contributed by atoms with Crippen molar-refractivity contribution < 1.29 is 22.7 Å². The predicted molar refractivity (Wildman–Crippen MR) is 76.4 cm³/mol. The Balaban J connectivity index is 2.25. The topological polar surface area (TPSA) is 64.4 Å². The Labute approximate surface area is 126 Å². The molecule has 1 aromatic carbocycles. The molecule has 1 fully saturated rings. The number of rotatable bonds is 3. The lowest BCUT2D eigenvalue weighted by Gasteiger charge is -2.34. The van der Waals surface area contributed by atoms with Crippen molar-refractivity contribution in [1.29, 1.82) is 0 Å². The minimum Gasteiger partial charge on any atom is -0.381 e. The van der Waals surface area contributed by atoms with Gasteiger partial charge in [0.25, 0.3) is 0 Å². The molecule has 0 saturated carbocycles. The third-order valence-corrected chi connectivity index (χ3v) is 4.21. The Morgan fingerprint density at radius 3 is 2.55 bits per heavy atom. The van der Waals surface area contributed by atoms with Gasteiger partial charge in [0.05, 0.1) is 11.0 Å². The first kappa shape index (κ1) is 16.8. The molecule has 0 spiro atoms. The second-order valence-corrected chi connectivity index (χ2v) is 5.53. The fourth-order valence-electron chi connectivity index (χ4n) is 2.62. The molecule has 122 valence electrons. The van der Waals surface area contributed by atoms with Crippen molar-refractivity contribution in [1.82, 2.24) is 0 Å². The summed E-state index contributed by atoms with van der Waals surface area (Å²) in [4.78, 5) is 12.5. The van der Waals surface area contributed by atoms with Gasteiger partial charge in [-0.1, -0.05) is 6.07 Å². The van der Waals surface area contributed by atoms with Gasteiger partial charge in [-0.15, -0.1) is 0 Å². The molecule has 2 rings (SSSR count). The van der Waals surface area contributed by atoms with E-state index in [1.807, 2.05) is 0 Å². The van der Waals surface area contributed by atoms with Crippen LogP contribution in [0.1, 0.15) is 24.0 Å². The summed E-state index contributed by atoms with van der Waals surface area (Å²) in [7, 11) is 0. The number of nitrogens with one attached hydrogen (secondary N) is 1. The second-order valence-electron chi connectivity index (χ2n) is 5.53. The SMILES string of the molecule is Cc1c(NC(=O)C2(CN)CCOCC2)cccc1C(F)(F)F. The highest BCUT2D eigenvalue weighted by Gasteiger charge is 2.39. The number of ether oxygens (including phenoxy) is 1. The molecule has 1 heterocycles. The van der Waals surface area contributed by atoms with Gasteiger partial charge in [-0.05, 0) is 37.5 Å². The van der Waals surface area contributed by atoms with Gasteiger partial charge in [0.15, 0.2) is 0 Å². The zero-order valence-electron chi connectivity index (χ0n) is 12.3. The first-order valence-corrected chi connectivity index (χ1v) is 7.06. The predicted octanol–water partition coefficient (Wildman–Crippen LogP) is 2.71. The molecule has 4 nitrogen and oxygen atoms in total. The number of amides is 1. The highest BCUT2D eigenvalue weighted by atomic mass is 19.4. The third kappa shape index (κ3) is 3.25. The Hall–Kier alpha value is -1.60. The van der Waals surface area contributed by atoms with Crippen LogP contribution in [0, 0.1) is 12.3 Å². The molecule has 1 aliphatic heterocycles. The Morgan fingerprint density at radius 2 is 2.00 bits per heavy atom. The molecule has 1 saturated heterocycles. The van der Waals surface area contributed by atoms with E-state index in [0.717, 1.165) is 6.07 Å². The number of hydrogen-bond donors (Lipinski definition) is 2. The number of carbonyl (C=O) groups excluding carboxylic acids is 1. The number of carbonyl (C=O) groups is 1. The molecular weight excluding hydrogens is 297 g/mol. The number of alkyl halides is 3. The fourth-order valence-corrected chi connectivity index (χ4v) is 2.62. The molecule has 22 heavy (non-hydrogen) atoms. The summed E-state index contributed by atoms with van der Waals surface area (Å²) >= 11 is 0. The van der Waals surface area contributed by atoms with Crippen molar-refractivity contribution in [2.45, 2.75) is 25.9 Å². The lowest BCUT2D eigenvalue weighted by atomic mass is 9.79. The number of anilines is 1. The van der Waals surface area contributed by atoms with Crippen molar-refractivity contribution in [3.63, 3.8) is 0 Å². The molecule has 1 aliphatic rings. The standard InChI is InChI=1S/C15H19F3N2O2/c1-10-11(15(16,17)18)3-2-4-12(10)20-13(21)14(9-19)5-7-22-8-6-14/h2-4H,5-9,19H2,1H3,(H,20,21). The fraction of sp³-hybridized carbons (Fsp3) is 0.533. The van der Waals surface area contributed by atoms with Crippen LogP contribution < -0.4 is 11.1 Å². The molecule has 7 heteroatoms. The van der Waals surface area contributed by atoms with Crippen LogP contribution in [-0.2, 0) is 15.7 Å². The monoisotopic (exact) mass is 316 g/mol. The summed E-state index contributed by atoms with van der Waals surface area (Å²) in [6.45, 7) is 2.33. The molecule has 0 unspecified atom stereocenters. The van der Waals surface area contributed by atoms with Crippen LogP contribution in [0.2, 0.25) is 0 Å². The third-order valence-electron chi connectivity index (χ3n) is 4.21. The van der Waals surface area contributed by atoms with E-state index >= 15 is 0 Å². The van der Waals surface area contributed by atoms with Crippen molar-refractivity contribution in [3.8, 4) is 0 Å². The number of nitrogens with two attached hydrogens (primary N) is 1. The largest absolute Gasteiger partial charge is 0.416 e. The van der Waals surface area contributed by atoms with Crippen molar-refractivity contribution in [2.75, 3.05) is 25.1 Å². The normalized spacial score (nSPS) is 18.0. The second kappa shape index (κ2) is 6.26. The summed E-state index contributed by atoms with van der Waals surface area (Å²) in [5.74, 6) is -0.347. The van der Waals surface area contributed by atoms with Crippen LogP contribution in [-0.4, -0.2) is 25.7 Å². The smallest absolute Gasteiger partial charge is 0.381 e. The molecule has 1 aromatic rings. The lowest BCUT2D eigenvalue weighted by Crippen LogP contribution is -2.46. The number of benzene rings is 1. The Bertz CT molecular complexity index is 552. The van der Waals surface area contributed by atoms with E-state index in [-0.39, 0.29) is 23.7 Å². The van der Waals surface area contributed by atoms with Crippen LogP contribution in [0.15, 0.2) is 18.2 Å². The van der Waals surface area contributed by atoms with E-state index in [4.69, 9.17) is 10.5 Å². The zero-order chi connectivity index (χ0) is 16.4. The maximum absolute atomic E-state index is 12.9. The van der Waals surface area contributed by atoms with Crippen molar-refractivity contribution in [2.24, 2.45) is 11.1 Å². The molecule has 3 N–H and O–H groups in total. The maximum Gasteiger partial charge on any atom is 0.416 e. The Kier molecular flexibility index (Phi) is 4.77. The van der Waals surface area contributed by atoms with Crippen LogP contribution >= 0.6 is 0 Å². The van der Waals surface area contributed by atoms with Gasteiger partial charge in [0.2, 0.25) is 5.91 Å². The quantitative estimate of drug-likeness (QED) is 0.901. The van der Waals surface area contributed by atoms with Gasteiger partial charge in [-0.25, -0.2) is 0 Å². The van der Waals surface area contributed by atoms with Crippen molar-refractivity contribution in [3.05, 3.63) is 29.3 Å². The first-order chi connectivity index (χ1) is 10.3. The van der Waals surface area contributed by atoms with Crippen LogP contribution in [0.5, 0.6) is 0 Å². The van der Waals surface area contributed by atoms with E-state index in [9.17, 15) is 18.0 Å². The minimum atomic E-state index is -4.45. The lowest BCUT2D eigenvalue weighted by molar-refractivity contribution is -0.138. The van der Waals surface area contributed by atoms with Gasteiger partial charge in [0.1, 0.15) is 0 Å². The van der Waals surface area contributed by atoms with Crippen LogP contribution in [0.25, 0.3) is 0 Å². The van der Waals surface area contributed by atoms with Gasteiger partial charge in [-0.3, -0.25) is 4.79 Å². The minimum absolute atomic E-state index is 0.00239. The highest BCUT2D eigenvalue weighted by molar-refractivity contribution is 5.96. The summed E-state index contributed by atoms with van der Waals surface area (Å²) in [5.41, 5.74) is 4.37. The van der Waals surface area contributed by atoms with Gasteiger partial charge < -0.3 is 15.8 Å². The van der Waals surface area contributed by atoms with Gasteiger partial charge >= 0.3 is 6.18 Å². The van der Waals surface area contributed by atoms with E-state index < -0.39 is 17.2 Å². The number of hydrogen-bond acceptors (Lipinski definition) is 3. The van der Waals surface area contributed by atoms with E-state index in [2.05, 4.69) is 5.32 Å². The molecule has 0 aliphatic carbocycles.